The molecule has 0 aromatic heterocycles. The fourth-order valence-corrected chi connectivity index (χ4v) is 3.79. The van der Waals surface area contributed by atoms with E-state index in [1.165, 1.54) is 51.6 Å². The van der Waals surface area contributed by atoms with E-state index in [4.69, 9.17) is 4.74 Å². The first-order chi connectivity index (χ1) is 8.74. The summed E-state index contributed by atoms with van der Waals surface area (Å²) in [6, 6.07) is 0. The summed E-state index contributed by atoms with van der Waals surface area (Å²) in [6.45, 7) is 5.43. The molecule has 3 nitrogen and oxygen atoms in total. The molecule has 0 spiro atoms. The zero-order valence-corrected chi connectivity index (χ0v) is 12.2. The Morgan fingerprint density at radius 1 is 1.28 bits per heavy atom. The number of rotatable bonds is 6. The van der Waals surface area contributed by atoms with E-state index < -0.39 is 0 Å². The molecule has 1 atom stereocenters. The Hall–Kier alpha value is -0.120. The van der Waals surface area contributed by atoms with E-state index in [0.29, 0.717) is 5.41 Å². The van der Waals surface area contributed by atoms with Crippen LogP contribution in [0.25, 0.3) is 0 Å². The van der Waals surface area contributed by atoms with Crippen LogP contribution in [0.1, 0.15) is 38.5 Å². The molecule has 1 aliphatic carbocycles. The Morgan fingerprint density at radius 2 is 2.06 bits per heavy atom. The quantitative estimate of drug-likeness (QED) is 0.786. The van der Waals surface area contributed by atoms with Gasteiger partial charge in [0, 0.05) is 31.7 Å². The summed E-state index contributed by atoms with van der Waals surface area (Å²) in [4.78, 5) is 2.56. The van der Waals surface area contributed by atoms with E-state index >= 15 is 0 Å². The third-order valence-corrected chi connectivity index (χ3v) is 4.64. The fraction of sp³-hybridized carbons (Fsp3) is 1.00. The van der Waals surface area contributed by atoms with Crippen molar-refractivity contribution in [3.05, 3.63) is 0 Å². The number of hydrogen-bond donors (Lipinski definition) is 1. The average Bonchev–Trinajstić information content (AvgIpc) is 2.79. The van der Waals surface area contributed by atoms with Gasteiger partial charge in [0.2, 0.25) is 0 Å². The summed E-state index contributed by atoms with van der Waals surface area (Å²) in [6.07, 6.45) is 8.45. The van der Waals surface area contributed by atoms with Gasteiger partial charge in [0.15, 0.2) is 0 Å². The smallest absolute Gasteiger partial charge is 0.0547 e. The van der Waals surface area contributed by atoms with Gasteiger partial charge < -0.3 is 15.0 Å². The summed E-state index contributed by atoms with van der Waals surface area (Å²) in [7, 11) is 4.35. The van der Waals surface area contributed by atoms with Gasteiger partial charge in [-0.15, -0.1) is 0 Å². The zero-order chi connectivity index (χ0) is 12.8. The third kappa shape index (κ3) is 3.94. The monoisotopic (exact) mass is 254 g/mol. The molecule has 1 aliphatic heterocycles. The van der Waals surface area contributed by atoms with Gasteiger partial charge in [-0.2, -0.15) is 0 Å². The molecule has 1 heterocycles. The van der Waals surface area contributed by atoms with E-state index in [1.807, 2.05) is 0 Å². The molecule has 106 valence electrons. The Labute approximate surface area is 112 Å². The largest absolute Gasteiger partial charge is 0.381 e. The zero-order valence-electron chi connectivity index (χ0n) is 12.2. The van der Waals surface area contributed by atoms with Crippen LogP contribution in [0.4, 0.5) is 0 Å². The predicted octanol–water partition coefficient (Wildman–Crippen LogP) is 2.12. The highest BCUT2D eigenvalue weighted by molar-refractivity contribution is 4.88. The number of hydrogen-bond acceptors (Lipinski definition) is 3. The molecular weight excluding hydrogens is 224 g/mol. The Bertz CT molecular complexity index is 233. The molecule has 0 aromatic rings. The summed E-state index contributed by atoms with van der Waals surface area (Å²) in [5.41, 5.74) is 0.359. The molecule has 1 saturated carbocycles. The lowest BCUT2D eigenvalue weighted by molar-refractivity contribution is 0.109. The molecule has 1 N–H and O–H groups in total. The van der Waals surface area contributed by atoms with Crippen molar-refractivity contribution in [2.24, 2.45) is 11.3 Å². The third-order valence-electron chi connectivity index (χ3n) is 4.64. The fourth-order valence-electron chi connectivity index (χ4n) is 3.79. The Balaban J connectivity index is 1.78. The van der Waals surface area contributed by atoms with Crippen LogP contribution in [-0.4, -0.2) is 51.8 Å². The van der Waals surface area contributed by atoms with Crippen LogP contribution in [0.2, 0.25) is 0 Å². The minimum absolute atomic E-state index is 0.359. The lowest BCUT2D eigenvalue weighted by atomic mass is 9.85. The molecule has 0 radical (unpaired) electrons. The van der Waals surface area contributed by atoms with Crippen molar-refractivity contribution in [2.75, 3.05) is 46.9 Å². The van der Waals surface area contributed by atoms with E-state index in [0.717, 1.165) is 25.7 Å². The van der Waals surface area contributed by atoms with Gasteiger partial charge in [0.25, 0.3) is 0 Å². The molecule has 0 bridgehead atoms. The van der Waals surface area contributed by atoms with Crippen LogP contribution in [0.5, 0.6) is 0 Å². The highest BCUT2D eigenvalue weighted by Crippen LogP contribution is 2.30. The first-order valence-corrected chi connectivity index (χ1v) is 7.65. The second-order valence-corrected chi connectivity index (χ2v) is 6.53. The Kier molecular flexibility index (Phi) is 5.46. The maximum Gasteiger partial charge on any atom is 0.0547 e. The SMILES string of the molecule is CNCC1(CN(C)CC2CCCCC2)CCOC1. The van der Waals surface area contributed by atoms with Crippen molar-refractivity contribution in [3.8, 4) is 0 Å². The second kappa shape index (κ2) is 6.88. The first kappa shape index (κ1) is 14.3. The Morgan fingerprint density at radius 3 is 2.67 bits per heavy atom. The molecular formula is C15H30N2O. The summed E-state index contributed by atoms with van der Waals surface area (Å²) in [5.74, 6) is 0.942. The van der Waals surface area contributed by atoms with E-state index in [1.54, 1.807) is 0 Å². The average molecular weight is 254 g/mol. The van der Waals surface area contributed by atoms with Crippen LogP contribution >= 0.6 is 0 Å². The van der Waals surface area contributed by atoms with Crippen molar-refractivity contribution in [1.29, 1.82) is 0 Å². The van der Waals surface area contributed by atoms with E-state index in [9.17, 15) is 0 Å². The van der Waals surface area contributed by atoms with E-state index in [2.05, 4.69) is 24.3 Å². The second-order valence-electron chi connectivity index (χ2n) is 6.53. The lowest BCUT2D eigenvalue weighted by Gasteiger charge is -2.34. The first-order valence-electron chi connectivity index (χ1n) is 7.65. The molecule has 18 heavy (non-hydrogen) atoms. The molecule has 1 unspecified atom stereocenters. The van der Waals surface area contributed by atoms with Gasteiger partial charge >= 0.3 is 0 Å². The highest BCUT2D eigenvalue weighted by Gasteiger charge is 2.35. The maximum atomic E-state index is 5.64. The molecule has 0 aromatic carbocycles. The highest BCUT2D eigenvalue weighted by atomic mass is 16.5. The molecule has 2 rings (SSSR count). The standard InChI is InChI=1S/C15H30N2O/c1-16-11-15(8-9-18-13-15)12-17(2)10-14-6-4-3-5-7-14/h14,16H,3-13H2,1-2H3. The van der Waals surface area contributed by atoms with E-state index in [-0.39, 0.29) is 0 Å². The topological polar surface area (TPSA) is 24.5 Å². The van der Waals surface area contributed by atoms with Crippen LogP contribution in [0.15, 0.2) is 0 Å². The number of nitrogens with zero attached hydrogens (tertiary/aromatic N) is 1. The predicted molar refractivity (Wildman–Crippen MR) is 75.9 cm³/mol. The van der Waals surface area contributed by atoms with Crippen molar-refractivity contribution < 1.29 is 4.74 Å². The van der Waals surface area contributed by atoms with Crippen LogP contribution < -0.4 is 5.32 Å². The van der Waals surface area contributed by atoms with Crippen LogP contribution in [-0.2, 0) is 4.74 Å². The minimum Gasteiger partial charge on any atom is -0.381 e. The number of ether oxygens (including phenoxy) is 1. The van der Waals surface area contributed by atoms with Crippen molar-refractivity contribution >= 4 is 0 Å². The lowest BCUT2D eigenvalue weighted by Crippen LogP contribution is -2.44. The molecule has 0 amide bonds. The summed E-state index contributed by atoms with van der Waals surface area (Å²) >= 11 is 0. The number of nitrogens with one attached hydrogen (secondary N) is 1. The minimum atomic E-state index is 0.359. The van der Waals surface area contributed by atoms with Crippen molar-refractivity contribution in [1.82, 2.24) is 10.2 Å². The normalized spacial score (nSPS) is 30.2. The van der Waals surface area contributed by atoms with Gasteiger partial charge in [-0.1, -0.05) is 19.3 Å². The summed E-state index contributed by atoms with van der Waals surface area (Å²) in [5, 5.41) is 3.35. The van der Waals surface area contributed by atoms with Crippen molar-refractivity contribution in [3.63, 3.8) is 0 Å². The van der Waals surface area contributed by atoms with Crippen LogP contribution in [0, 0.1) is 11.3 Å². The van der Waals surface area contributed by atoms with Crippen molar-refractivity contribution in [2.45, 2.75) is 38.5 Å². The molecule has 2 aliphatic rings. The van der Waals surface area contributed by atoms with Crippen LogP contribution in [0.3, 0.4) is 0 Å². The van der Waals surface area contributed by atoms with Gasteiger partial charge in [-0.3, -0.25) is 0 Å². The van der Waals surface area contributed by atoms with Gasteiger partial charge in [0.1, 0.15) is 0 Å². The maximum absolute atomic E-state index is 5.64. The molecule has 3 heteroatoms. The summed E-state index contributed by atoms with van der Waals surface area (Å²) < 4.78 is 5.64. The molecule has 1 saturated heterocycles. The van der Waals surface area contributed by atoms with Gasteiger partial charge in [-0.05, 0) is 39.3 Å². The molecule has 2 fully saturated rings. The van der Waals surface area contributed by atoms with Gasteiger partial charge in [0.05, 0.1) is 6.61 Å². The van der Waals surface area contributed by atoms with Gasteiger partial charge in [-0.25, -0.2) is 0 Å².